The molecule has 10 heavy (non-hydrogen) atoms. The Balaban J connectivity index is 2.33. The molecule has 0 unspecified atom stereocenters. The maximum Gasteiger partial charge on any atom is 0.0129 e. The van der Waals surface area contributed by atoms with E-state index in [9.17, 15) is 0 Å². The molecule has 1 saturated heterocycles. The van der Waals surface area contributed by atoms with Gasteiger partial charge < -0.3 is 5.73 Å². The van der Waals surface area contributed by atoms with Gasteiger partial charge in [-0.25, -0.2) is 0 Å². The van der Waals surface area contributed by atoms with Gasteiger partial charge >= 0.3 is 0 Å². The van der Waals surface area contributed by atoms with Crippen molar-refractivity contribution in [3.8, 4) is 0 Å². The highest BCUT2D eigenvalue weighted by Gasteiger charge is 2.31. The molecule has 1 aliphatic rings. The van der Waals surface area contributed by atoms with Crippen LogP contribution in [0.2, 0.25) is 0 Å². The molecular weight excluding hydrogens is 141 g/mol. The predicted molar refractivity (Wildman–Crippen MR) is 46.0 cm³/mol. The van der Waals surface area contributed by atoms with Crippen LogP contribution >= 0.6 is 8.58 Å². The number of hydrogen-bond acceptors (Lipinski definition) is 1. The first-order valence-electron chi connectivity index (χ1n) is 3.53. The van der Waals surface area contributed by atoms with E-state index in [0.717, 1.165) is 13.0 Å². The Bertz CT molecular complexity index is 103. The molecule has 1 heterocycles. The van der Waals surface area contributed by atoms with Crippen molar-refractivity contribution in [1.29, 1.82) is 0 Å². The van der Waals surface area contributed by atoms with E-state index in [0.29, 0.717) is 0 Å². The van der Waals surface area contributed by atoms with E-state index in [4.69, 9.17) is 5.73 Å². The van der Waals surface area contributed by atoms with Gasteiger partial charge in [0.2, 0.25) is 0 Å². The highest BCUT2D eigenvalue weighted by atomic mass is 31.1. The van der Waals surface area contributed by atoms with Crippen LogP contribution in [0.4, 0.5) is 0 Å². The fourth-order valence-corrected chi connectivity index (χ4v) is 2.16. The Morgan fingerprint density at radius 3 is 2.60 bits per heavy atom. The summed E-state index contributed by atoms with van der Waals surface area (Å²) >= 11 is 0. The topological polar surface area (TPSA) is 26.0 Å². The minimum absolute atomic E-state index is 0.779. The normalized spacial score (nSPS) is 26.7. The summed E-state index contributed by atoms with van der Waals surface area (Å²) in [6.45, 7) is 5.11. The van der Waals surface area contributed by atoms with Crippen LogP contribution in [-0.4, -0.2) is 6.54 Å². The van der Waals surface area contributed by atoms with Gasteiger partial charge in [0.25, 0.3) is 0 Å². The molecule has 0 aromatic rings. The largest absolute Gasteiger partial charge is 0.330 e. The van der Waals surface area contributed by atoms with Crippen LogP contribution in [-0.2, 0) is 0 Å². The first-order chi connectivity index (χ1) is 4.75. The molecule has 1 nitrogen and oxygen atoms in total. The van der Waals surface area contributed by atoms with Crippen LogP contribution in [0.15, 0.2) is 0 Å². The number of nitrogens with two attached hydrogens (primary N) is 1. The molecule has 2 N–H and O–H groups in total. The maximum atomic E-state index is 5.45. The zero-order valence-corrected chi connectivity index (χ0v) is 7.41. The van der Waals surface area contributed by atoms with Crippen molar-refractivity contribution in [2.45, 2.75) is 20.3 Å². The molecule has 0 atom stereocenters. The van der Waals surface area contributed by atoms with Crippen LogP contribution in [0.1, 0.15) is 20.3 Å². The zero-order valence-electron chi connectivity index (χ0n) is 6.52. The third kappa shape index (κ3) is 1.71. The molecule has 1 fully saturated rings. The van der Waals surface area contributed by atoms with E-state index in [2.05, 4.69) is 20.0 Å². The summed E-state index contributed by atoms with van der Waals surface area (Å²) in [6, 6.07) is 0. The molecular formula is C8H13NP. The van der Waals surface area contributed by atoms with Crippen LogP contribution < -0.4 is 5.73 Å². The Hall–Kier alpha value is 0.390. The lowest BCUT2D eigenvalue weighted by molar-refractivity contribution is 0.872. The number of hydrogen-bond donors (Lipinski definition) is 1. The van der Waals surface area contributed by atoms with Crippen molar-refractivity contribution in [2.24, 2.45) is 5.73 Å². The van der Waals surface area contributed by atoms with Crippen molar-refractivity contribution in [2.75, 3.05) is 6.54 Å². The smallest absolute Gasteiger partial charge is 0.0129 e. The van der Waals surface area contributed by atoms with Gasteiger partial charge in [-0.2, -0.15) is 0 Å². The second kappa shape index (κ2) is 3.69. The van der Waals surface area contributed by atoms with Crippen LogP contribution in [0.25, 0.3) is 0 Å². The third-order valence-electron chi connectivity index (χ3n) is 1.82. The lowest BCUT2D eigenvalue weighted by atomic mass is 9.93. The quantitative estimate of drug-likeness (QED) is 0.606. The first kappa shape index (κ1) is 8.49. The summed E-state index contributed by atoms with van der Waals surface area (Å²) in [5.74, 6) is 2.87. The summed E-state index contributed by atoms with van der Waals surface area (Å²) in [6.07, 6.45) is 3.31. The second-order valence-electron chi connectivity index (χ2n) is 2.55. The molecule has 5 radical (unpaired) electrons. The molecule has 0 aromatic carbocycles. The molecule has 0 aromatic heterocycles. The minimum Gasteiger partial charge on any atom is -0.330 e. The first-order valence-corrected chi connectivity index (χ1v) is 4.50. The Morgan fingerprint density at radius 1 is 1.50 bits per heavy atom. The van der Waals surface area contributed by atoms with Crippen LogP contribution in [0, 0.1) is 23.7 Å². The Labute approximate surface area is 65.5 Å². The second-order valence-corrected chi connectivity index (χ2v) is 3.61. The van der Waals surface area contributed by atoms with Gasteiger partial charge in [-0.1, -0.05) is 22.4 Å². The van der Waals surface area contributed by atoms with Crippen LogP contribution in [0.5, 0.6) is 0 Å². The minimum atomic E-state index is 0.779. The van der Waals surface area contributed by atoms with E-state index in [-0.39, 0.29) is 0 Å². The van der Waals surface area contributed by atoms with Crippen molar-refractivity contribution >= 4 is 8.58 Å². The fourth-order valence-electron chi connectivity index (χ4n) is 0.985. The van der Waals surface area contributed by atoms with Gasteiger partial charge in [0.15, 0.2) is 0 Å². The molecule has 1 aliphatic heterocycles. The zero-order chi connectivity index (χ0) is 7.56. The molecule has 2 heteroatoms. The summed E-state index contributed by atoms with van der Waals surface area (Å²) in [5, 5.41) is 0. The highest BCUT2D eigenvalue weighted by molar-refractivity contribution is 7.45. The molecule has 0 amide bonds. The van der Waals surface area contributed by atoms with Gasteiger partial charge in [0, 0.05) is 5.66 Å². The monoisotopic (exact) mass is 154 g/mol. The molecule has 0 aliphatic carbocycles. The third-order valence-corrected chi connectivity index (χ3v) is 3.21. The highest BCUT2D eigenvalue weighted by Crippen LogP contribution is 2.54. The molecule has 0 spiro atoms. The maximum absolute atomic E-state index is 5.45. The summed E-state index contributed by atoms with van der Waals surface area (Å²) in [5.41, 5.74) is 6.95. The average molecular weight is 154 g/mol. The van der Waals surface area contributed by atoms with Crippen molar-refractivity contribution in [3.63, 3.8) is 0 Å². The summed E-state index contributed by atoms with van der Waals surface area (Å²) < 4.78 is 0. The summed E-state index contributed by atoms with van der Waals surface area (Å²) in [7, 11) is 1.36. The molecule has 1 rings (SSSR count). The van der Waals surface area contributed by atoms with Crippen molar-refractivity contribution in [3.05, 3.63) is 23.7 Å². The van der Waals surface area contributed by atoms with Crippen molar-refractivity contribution < 1.29 is 0 Å². The Morgan fingerprint density at radius 2 is 2.20 bits per heavy atom. The van der Waals surface area contributed by atoms with Crippen LogP contribution in [0.3, 0.4) is 0 Å². The van der Waals surface area contributed by atoms with Crippen molar-refractivity contribution in [1.82, 2.24) is 0 Å². The van der Waals surface area contributed by atoms with Gasteiger partial charge in [0.1, 0.15) is 0 Å². The average Bonchev–Trinajstić information content (AvgIpc) is 2.20. The molecule has 0 saturated carbocycles. The lowest BCUT2D eigenvalue weighted by Gasteiger charge is -2.13. The predicted octanol–water partition coefficient (Wildman–Crippen LogP) is 2.18. The van der Waals surface area contributed by atoms with Gasteiger partial charge in [-0.15, -0.1) is 0 Å². The number of rotatable bonds is 2. The van der Waals surface area contributed by atoms with E-state index in [1.165, 1.54) is 26.1 Å². The fraction of sp³-hybridized carbons (Fsp3) is 0.500. The van der Waals surface area contributed by atoms with E-state index >= 15 is 0 Å². The van der Waals surface area contributed by atoms with E-state index in [1.54, 1.807) is 0 Å². The standard InChI is InChI=1S/C8H13NP/c1-6-5-10-8(3-4-9)7(6)2/h5H,3-4,9H2,1-2H3. The molecule has 55 valence electrons. The lowest BCUT2D eigenvalue weighted by Crippen LogP contribution is -2.07. The van der Waals surface area contributed by atoms with E-state index < -0.39 is 0 Å². The van der Waals surface area contributed by atoms with E-state index in [1.807, 2.05) is 0 Å². The summed E-state index contributed by atoms with van der Waals surface area (Å²) in [4.78, 5) is 0. The Kier molecular flexibility index (Phi) is 3.13. The SMILES string of the molecule is C[C]1[CH][P][C](CCN)[C]1C. The molecule has 0 bridgehead atoms. The van der Waals surface area contributed by atoms with Gasteiger partial charge in [-0.05, 0) is 31.0 Å². The van der Waals surface area contributed by atoms with Gasteiger partial charge in [0.05, 0.1) is 0 Å². The van der Waals surface area contributed by atoms with Gasteiger partial charge in [-0.3, -0.25) is 0 Å².